The fourth-order valence-electron chi connectivity index (χ4n) is 7.25. The van der Waals surface area contributed by atoms with E-state index < -0.39 is 0 Å². The van der Waals surface area contributed by atoms with Crippen LogP contribution in [0.4, 0.5) is 0 Å². The third-order valence-corrected chi connectivity index (χ3v) is 8.31. The fourth-order valence-corrected chi connectivity index (χ4v) is 7.25. The maximum absolute atomic E-state index is 6.25. The Morgan fingerprint density at radius 2 is 1.26 bits per heavy atom. The molecular formula is C34H28. The van der Waals surface area contributed by atoms with Crippen molar-refractivity contribution in [2.75, 3.05) is 0 Å². The maximum atomic E-state index is 6.25. The molecule has 4 fully saturated rings. The average molecular weight is 437 g/mol. The van der Waals surface area contributed by atoms with Gasteiger partial charge < -0.3 is 0 Å². The van der Waals surface area contributed by atoms with Crippen molar-refractivity contribution in [2.24, 2.45) is 23.7 Å². The lowest BCUT2D eigenvalue weighted by atomic mass is 9.43. The summed E-state index contributed by atoms with van der Waals surface area (Å²) in [7, 11) is 0. The molecule has 0 heterocycles. The molecule has 4 aliphatic rings. The van der Waals surface area contributed by atoms with Crippen LogP contribution in [0.2, 0.25) is 0 Å². The van der Waals surface area contributed by atoms with Crippen molar-refractivity contribution in [2.45, 2.75) is 37.5 Å². The van der Waals surface area contributed by atoms with Gasteiger partial charge in [0.15, 0.2) is 0 Å². The lowest BCUT2D eigenvalue weighted by Gasteiger charge is -2.60. The second-order valence-corrected chi connectivity index (χ2v) is 10.4. The summed E-state index contributed by atoms with van der Waals surface area (Å²) in [5.41, 5.74) is 5.52. The van der Waals surface area contributed by atoms with Crippen LogP contribution in [0.3, 0.4) is 0 Å². The van der Waals surface area contributed by atoms with Crippen LogP contribution < -0.4 is 0 Å². The molecule has 3 atom stereocenters. The molecule has 7 rings (SSSR count). The molecule has 3 aromatic carbocycles. The maximum Gasteiger partial charge on any atom is 0.0443 e. The van der Waals surface area contributed by atoms with Gasteiger partial charge in [-0.1, -0.05) is 72.2 Å². The summed E-state index contributed by atoms with van der Waals surface area (Å²) in [6.45, 7) is 0. The molecule has 4 saturated carbocycles. The zero-order valence-electron chi connectivity index (χ0n) is 19.4. The lowest BCUT2D eigenvalue weighted by Crippen LogP contribution is -2.55. The summed E-state index contributed by atoms with van der Waals surface area (Å²) in [5.74, 6) is 19.7. The minimum atomic E-state index is 0.0363. The summed E-state index contributed by atoms with van der Waals surface area (Å²) in [4.78, 5) is 0. The molecule has 0 spiro atoms. The van der Waals surface area contributed by atoms with Crippen LogP contribution in [0.15, 0.2) is 78.9 Å². The largest absolute Gasteiger partial charge is 0.120 e. The van der Waals surface area contributed by atoms with Gasteiger partial charge in [-0.2, -0.15) is 0 Å². The summed E-state index contributed by atoms with van der Waals surface area (Å²) in [6.07, 6.45) is 12.7. The molecule has 3 unspecified atom stereocenters. The predicted molar refractivity (Wildman–Crippen MR) is 139 cm³/mol. The normalized spacial score (nSPS) is 28.2. The molecule has 0 heteroatoms. The smallest absolute Gasteiger partial charge is 0.0443 e. The summed E-state index contributed by atoms with van der Waals surface area (Å²) >= 11 is 0. The Morgan fingerprint density at radius 3 is 1.88 bits per heavy atom. The SMILES string of the molecule is C#CC1C2CC3CC(C2)CC1(c1cccc(C#Cc2ccccc2)c1C#Cc1ccccc1)C3. The van der Waals surface area contributed by atoms with Gasteiger partial charge in [-0.25, -0.2) is 0 Å². The van der Waals surface area contributed by atoms with Gasteiger partial charge in [-0.05, 0) is 85.8 Å². The van der Waals surface area contributed by atoms with E-state index in [0.29, 0.717) is 11.8 Å². The first kappa shape index (κ1) is 20.9. The molecule has 0 saturated heterocycles. The van der Waals surface area contributed by atoms with E-state index in [1.54, 1.807) is 0 Å². The highest BCUT2D eigenvalue weighted by Gasteiger charge is 2.57. The van der Waals surface area contributed by atoms with Crippen LogP contribution in [-0.2, 0) is 5.41 Å². The van der Waals surface area contributed by atoms with E-state index in [1.807, 2.05) is 36.4 Å². The highest BCUT2D eigenvalue weighted by Crippen LogP contribution is 2.63. The second kappa shape index (κ2) is 8.60. The molecule has 4 bridgehead atoms. The minimum Gasteiger partial charge on any atom is -0.120 e. The van der Waals surface area contributed by atoms with E-state index in [0.717, 1.165) is 34.1 Å². The van der Waals surface area contributed by atoms with Gasteiger partial charge in [0.1, 0.15) is 0 Å². The highest BCUT2D eigenvalue weighted by molar-refractivity contribution is 5.60. The number of hydrogen-bond donors (Lipinski definition) is 0. The number of benzene rings is 3. The number of terminal acetylenes is 1. The Kier molecular flexibility index (Phi) is 5.29. The van der Waals surface area contributed by atoms with Crippen LogP contribution in [-0.4, -0.2) is 0 Å². The highest BCUT2D eigenvalue weighted by atomic mass is 14.6. The van der Waals surface area contributed by atoms with Crippen molar-refractivity contribution >= 4 is 0 Å². The lowest BCUT2D eigenvalue weighted by molar-refractivity contribution is -0.0379. The average Bonchev–Trinajstić information content (AvgIpc) is 2.87. The van der Waals surface area contributed by atoms with Gasteiger partial charge >= 0.3 is 0 Å². The second-order valence-electron chi connectivity index (χ2n) is 10.4. The first-order valence-electron chi connectivity index (χ1n) is 12.5. The molecule has 0 aliphatic heterocycles. The molecule has 4 aliphatic carbocycles. The number of hydrogen-bond acceptors (Lipinski definition) is 0. The molecule has 0 N–H and O–H groups in total. The van der Waals surface area contributed by atoms with Crippen molar-refractivity contribution in [3.63, 3.8) is 0 Å². The van der Waals surface area contributed by atoms with Crippen LogP contribution in [0.1, 0.15) is 59.9 Å². The van der Waals surface area contributed by atoms with E-state index >= 15 is 0 Å². The fraction of sp³-hybridized carbons (Fsp3) is 0.294. The Hall–Kier alpha value is -3.66. The van der Waals surface area contributed by atoms with E-state index in [2.05, 4.69) is 72.1 Å². The van der Waals surface area contributed by atoms with Crippen LogP contribution in [0.25, 0.3) is 0 Å². The monoisotopic (exact) mass is 436 g/mol. The van der Waals surface area contributed by atoms with Gasteiger partial charge in [-0.15, -0.1) is 12.3 Å². The summed E-state index contributed by atoms with van der Waals surface area (Å²) in [5, 5.41) is 0. The minimum absolute atomic E-state index is 0.0363. The molecule has 0 amide bonds. The topological polar surface area (TPSA) is 0 Å². The zero-order valence-corrected chi connectivity index (χ0v) is 19.4. The predicted octanol–water partition coefficient (Wildman–Crippen LogP) is 6.81. The van der Waals surface area contributed by atoms with Gasteiger partial charge in [0.25, 0.3) is 0 Å². The van der Waals surface area contributed by atoms with Crippen molar-refractivity contribution in [1.82, 2.24) is 0 Å². The molecule has 0 radical (unpaired) electrons. The molecule has 0 nitrogen and oxygen atoms in total. The first-order chi connectivity index (χ1) is 16.7. The first-order valence-corrected chi connectivity index (χ1v) is 12.5. The number of rotatable bonds is 1. The van der Waals surface area contributed by atoms with Crippen molar-refractivity contribution < 1.29 is 0 Å². The van der Waals surface area contributed by atoms with Gasteiger partial charge in [0.2, 0.25) is 0 Å². The third-order valence-electron chi connectivity index (χ3n) is 8.31. The van der Waals surface area contributed by atoms with E-state index in [9.17, 15) is 0 Å². The van der Waals surface area contributed by atoms with Gasteiger partial charge in [0.05, 0.1) is 0 Å². The molecule has 34 heavy (non-hydrogen) atoms. The Morgan fingerprint density at radius 1 is 0.647 bits per heavy atom. The molecule has 164 valence electrons. The van der Waals surface area contributed by atoms with Crippen LogP contribution in [0, 0.1) is 59.7 Å². The third kappa shape index (κ3) is 3.63. The van der Waals surface area contributed by atoms with E-state index in [-0.39, 0.29) is 5.41 Å². The zero-order chi connectivity index (χ0) is 23.0. The summed E-state index contributed by atoms with van der Waals surface area (Å²) < 4.78 is 0. The Bertz CT molecular complexity index is 1350. The van der Waals surface area contributed by atoms with Crippen LogP contribution in [0.5, 0.6) is 0 Å². The van der Waals surface area contributed by atoms with Crippen molar-refractivity contribution in [3.8, 4) is 36.0 Å². The van der Waals surface area contributed by atoms with E-state index in [1.165, 1.54) is 37.7 Å². The van der Waals surface area contributed by atoms with Gasteiger partial charge in [0, 0.05) is 33.6 Å². The molecular weight excluding hydrogens is 408 g/mol. The van der Waals surface area contributed by atoms with Gasteiger partial charge in [-0.3, -0.25) is 0 Å². The van der Waals surface area contributed by atoms with Crippen molar-refractivity contribution in [3.05, 3.63) is 107 Å². The quantitative estimate of drug-likeness (QED) is 0.368. The van der Waals surface area contributed by atoms with Crippen molar-refractivity contribution in [1.29, 1.82) is 0 Å². The molecule has 3 aromatic rings. The molecule has 0 aromatic heterocycles. The Balaban J connectivity index is 1.52. The van der Waals surface area contributed by atoms with E-state index in [4.69, 9.17) is 6.42 Å². The summed E-state index contributed by atoms with van der Waals surface area (Å²) in [6, 6.07) is 27.0. The standard InChI is InChI=1S/C34H28/c1-2-32-30-21-27-20-28(22-30)24-34(32,23-27)33-15-9-14-29(18-16-25-10-5-3-6-11-25)31(33)19-17-26-12-7-4-8-13-26/h1,3-15,27-28,30,32H,20-24H2. The Labute approximate surface area is 203 Å². The van der Waals surface area contributed by atoms with Crippen LogP contribution >= 0.6 is 0 Å².